The van der Waals surface area contributed by atoms with Gasteiger partial charge in [0.2, 0.25) is 5.91 Å². The molecule has 10 nitrogen and oxygen atoms in total. The Kier molecular flexibility index (Phi) is 5.62. The van der Waals surface area contributed by atoms with Gasteiger partial charge in [0.15, 0.2) is 6.73 Å². The summed E-state index contributed by atoms with van der Waals surface area (Å²) in [6, 6.07) is 7.56. The molecule has 4 saturated carbocycles. The molecule has 1 amide bonds. The molecular weight excluding hydrogens is 528 g/mol. The number of hydrogen-bond acceptors (Lipinski definition) is 6. The molecule has 2 atom stereocenters. The van der Waals surface area contributed by atoms with Crippen LogP contribution >= 0.6 is 15.9 Å². The van der Waals surface area contributed by atoms with Crippen molar-refractivity contribution in [1.82, 2.24) is 19.6 Å². The first kappa shape index (κ1) is 23.2. The first-order valence-electron chi connectivity index (χ1n) is 12.2. The summed E-state index contributed by atoms with van der Waals surface area (Å²) in [4.78, 5) is 24.0. The Labute approximate surface area is 216 Å². The highest BCUT2D eigenvalue weighted by Crippen LogP contribution is 2.65. The van der Waals surface area contributed by atoms with Crippen molar-refractivity contribution in [3.63, 3.8) is 0 Å². The molecule has 3 aromatic rings. The van der Waals surface area contributed by atoms with E-state index in [2.05, 4.69) is 31.4 Å². The van der Waals surface area contributed by atoms with Crippen molar-refractivity contribution in [3.05, 3.63) is 63.6 Å². The van der Waals surface area contributed by atoms with Crippen LogP contribution in [0.25, 0.3) is 0 Å². The van der Waals surface area contributed by atoms with Crippen molar-refractivity contribution in [2.75, 3.05) is 5.32 Å². The summed E-state index contributed by atoms with van der Waals surface area (Å²) in [5.74, 6) is 1.77. The van der Waals surface area contributed by atoms with Crippen LogP contribution in [0.3, 0.4) is 0 Å². The number of nitrogens with zero attached hydrogens (tertiary/aromatic N) is 5. The van der Waals surface area contributed by atoms with Gasteiger partial charge < -0.3 is 10.1 Å². The second-order valence-electron chi connectivity index (χ2n) is 10.8. The number of nitro groups is 1. The number of carbonyl (C=O) groups is 1. The highest BCUT2D eigenvalue weighted by atomic mass is 79.9. The summed E-state index contributed by atoms with van der Waals surface area (Å²) in [7, 11) is 0. The van der Waals surface area contributed by atoms with Crippen molar-refractivity contribution in [3.8, 4) is 5.75 Å². The van der Waals surface area contributed by atoms with Gasteiger partial charge in [0.05, 0.1) is 28.5 Å². The first-order chi connectivity index (χ1) is 17.3. The Morgan fingerprint density at radius 2 is 1.89 bits per heavy atom. The minimum Gasteiger partial charge on any atom is -0.471 e. The standard InChI is InChI=1S/C25H27BrN6O4/c26-19-1-3-22(4-2-19)36-16-30-13-20(11-27-30)29-23(33)10-24-6-17-5-18(7-24)9-25(8-17,15-24)31-14-21(12-28-31)32(34)35/h1-4,11-14,17-18H,5-10,15-16H2,(H,29,33). The molecule has 0 aliphatic heterocycles. The van der Waals surface area contributed by atoms with E-state index in [9.17, 15) is 14.9 Å². The van der Waals surface area contributed by atoms with Gasteiger partial charge in [-0.25, -0.2) is 4.68 Å². The van der Waals surface area contributed by atoms with Crippen LogP contribution in [0.2, 0.25) is 0 Å². The van der Waals surface area contributed by atoms with Gasteiger partial charge in [0.1, 0.15) is 18.1 Å². The molecule has 1 aromatic carbocycles. The van der Waals surface area contributed by atoms with Crippen LogP contribution in [0.15, 0.2) is 53.5 Å². The molecule has 0 radical (unpaired) electrons. The molecule has 4 aliphatic rings. The Hall–Kier alpha value is -3.21. The fourth-order valence-electron chi connectivity index (χ4n) is 7.26. The molecule has 4 aliphatic carbocycles. The SMILES string of the molecule is O=C(CC12CC3CC(C1)CC(n1cc([N+](=O)[O-])cn1)(C3)C2)Nc1cnn(COc2ccc(Br)cc2)c1. The molecule has 2 unspecified atom stereocenters. The second kappa shape index (κ2) is 8.72. The second-order valence-corrected chi connectivity index (χ2v) is 11.7. The number of hydrogen-bond donors (Lipinski definition) is 1. The molecule has 7 rings (SSSR count). The maximum absolute atomic E-state index is 13.2. The van der Waals surface area contributed by atoms with E-state index in [-0.39, 0.29) is 29.3 Å². The molecule has 0 spiro atoms. The Balaban J connectivity index is 1.11. The lowest BCUT2D eigenvalue weighted by molar-refractivity contribution is -0.385. The van der Waals surface area contributed by atoms with E-state index in [1.165, 1.54) is 12.6 Å². The molecule has 2 aromatic heterocycles. The van der Waals surface area contributed by atoms with E-state index in [1.54, 1.807) is 23.3 Å². The topological polar surface area (TPSA) is 117 Å². The number of amides is 1. The summed E-state index contributed by atoms with van der Waals surface area (Å²) in [6.07, 6.45) is 12.8. The fourth-order valence-corrected chi connectivity index (χ4v) is 7.52. The van der Waals surface area contributed by atoms with Crippen molar-refractivity contribution in [2.24, 2.45) is 17.3 Å². The molecular formula is C25H27BrN6O4. The zero-order valence-electron chi connectivity index (χ0n) is 19.7. The molecule has 0 saturated heterocycles. The zero-order chi connectivity index (χ0) is 24.9. The number of ether oxygens (including phenoxy) is 1. The predicted octanol–water partition coefficient (Wildman–Crippen LogP) is 5.11. The van der Waals surface area contributed by atoms with Crippen molar-refractivity contribution >= 4 is 33.2 Å². The third-order valence-corrected chi connectivity index (χ3v) is 8.58. The predicted molar refractivity (Wildman–Crippen MR) is 134 cm³/mol. The summed E-state index contributed by atoms with van der Waals surface area (Å²) < 4.78 is 10.2. The van der Waals surface area contributed by atoms with Gasteiger partial charge in [-0.15, -0.1) is 0 Å². The third-order valence-electron chi connectivity index (χ3n) is 8.05. The van der Waals surface area contributed by atoms with E-state index < -0.39 is 4.92 Å². The maximum atomic E-state index is 13.2. The quantitative estimate of drug-likeness (QED) is 0.305. The van der Waals surface area contributed by atoms with Crippen LogP contribution in [0.1, 0.15) is 44.9 Å². The zero-order valence-corrected chi connectivity index (χ0v) is 21.3. The lowest BCUT2D eigenvalue weighted by Gasteiger charge is -2.61. The average molecular weight is 555 g/mol. The van der Waals surface area contributed by atoms with Crippen LogP contribution in [0.5, 0.6) is 5.75 Å². The summed E-state index contributed by atoms with van der Waals surface area (Å²) in [5.41, 5.74) is 0.337. The molecule has 4 fully saturated rings. The normalized spacial score (nSPS) is 28.2. The number of rotatable bonds is 8. The largest absolute Gasteiger partial charge is 0.471 e. The maximum Gasteiger partial charge on any atom is 0.307 e. The molecule has 2 heterocycles. The van der Waals surface area contributed by atoms with Crippen LogP contribution in [-0.2, 0) is 17.1 Å². The van der Waals surface area contributed by atoms with Crippen molar-refractivity contribution < 1.29 is 14.5 Å². The molecule has 1 N–H and O–H groups in total. The van der Waals surface area contributed by atoms with Crippen LogP contribution < -0.4 is 10.1 Å². The number of halogens is 1. The smallest absolute Gasteiger partial charge is 0.307 e. The lowest BCUT2D eigenvalue weighted by Crippen LogP contribution is -2.57. The van der Waals surface area contributed by atoms with Gasteiger partial charge >= 0.3 is 5.69 Å². The number of nitrogens with one attached hydrogen (secondary N) is 1. The fraction of sp³-hybridized carbons (Fsp3) is 0.480. The summed E-state index contributed by atoms with van der Waals surface area (Å²) in [5, 5.41) is 22.9. The Morgan fingerprint density at radius 3 is 2.58 bits per heavy atom. The van der Waals surface area contributed by atoms with E-state index >= 15 is 0 Å². The highest BCUT2D eigenvalue weighted by molar-refractivity contribution is 9.10. The first-order valence-corrected chi connectivity index (χ1v) is 13.0. The van der Waals surface area contributed by atoms with Gasteiger partial charge in [0, 0.05) is 10.9 Å². The number of carbonyl (C=O) groups excluding carboxylic acids is 1. The molecule has 4 bridgehead atoms. The Morgan fingerprint density at radius 1 is 1.14 bits per heavy atom. The van der Waals surface area contributed by atoms with Gasteiger partial charge in [0.25, 0.3) is 0 Å². The van der Waals surface area contributed by atoms with Crippen LogP contribution in [0, 0.1) is 27.4 Å². The van der Waals surface area contributed by atoms with E-state index in [1.807, 2.05) is 28.9 Å². The van der Waals surface area contributed by atoms with Gasteiger partial charge in [-0.05, 0) is 80.0 Å². The minimum absolute atomic E-state index is 0.0214. The number of benzene rings is 1. The lowest BCUT2D eigenvalue weighted by atomic mass is 9.46. The average Bonchev–Trinajstić information content (AvgIpc) is 3.48. The summed E-state index contributed by atoms with van der Waals surface area (Å²) >= 11 is 3.40. The minimum atomic E-state index is -0.392. The van der Waals surface area contributed by atoms with E-state index in [0.29, 0.717) is 23.9 Å². The summed E-state index contributed by atoms with van der Waals surface area (Å²) in [6.45, 7) is 0.239. The van der Waals surface area contributed by atoms with E-state index in [4.69, 9.17) is 4.74 Å². The molecule has 188 valence electrons. The third kappa shape index (κ3) is 4.40. The number of aromatic nitrogens is 4. The number of anilines is 1. The van der Waals surface area contributed by atoms with Crippen molar-refractivity contribution in [1.29, 1.82) is 0 Å². The van der Waals surface area contributed by atoms with Gasteiger partial charge in [-0.3, -0.25) is 19.6 Å². The van der Waals surface area contributed by atoms with Gasteiger partial charge in [-0.1, -0.05) is 15.9 Å². The monoisotopic (exact) mass is 554 g/mol. The van der Waals surface area contributed by atoms with Crippen LogP contribution in [-0.4, -0.2) is 30.4 Å². The van der Waals surface area contributed by atoms with E-state index in [0.717, 1.165) is 42.3 Å². The molecule has 11 heteroatoms. The van der Waals surface area contributed by atoms with Crippen LogP contribution in [0.4, 0.5) is 11.4 Å². The highest BCUT2D eigenvalue weighted by Gasteiger charge is 2.59. The Bertz CT molecular complexity index is 1290. The molecule has 36 heavy (non-hydrogen) atoms. The van der Waals surface area contributed by atoms with Gasteiger partial charge in [-0.2, -0.15) is 10.2 Å². The van der Waals surface area contributed by atoms with Crippen molar-refractivity contribution in [2.45, 2.75) is 57.2 Å².